The van der Waals surface area contributed by atoms with Crippen molar-refractivity contribution in [2.75, 3.05) is 19.7 Å². The molecule has 19 heavy (non-hydrogen) atoms. The summed E-state index contributed by atoms with van der Waals surface area (Å²) in [6.45, 7) is 2.67. The number of benzene rings is 1. The third-order valence-electron chi connectivity index (χ3n) is 4.11. The van der Waals surface area contributed by atoms with Crippen molar-refractivity contribution in [2.24, 2.45) is 0 Å². The summed E-state index contributed by atoms with van der Waals surface area (Å²) in [4.78, 5) is 0. The van der Waals surface area contributed by atoms with E-state index >= 15 is 0 Å². The minimum absolute atomic E-state index is 0.593. The van der Waals surface area contributed by atoms with E-state index in [2.05, 4.69) is 33.4 Å². The van der Waals surface area contributed by atoms with E-state index in [1.807, 2.05) is 0 Å². The number of rotatable bonds is 2. The summed E-state index contributed by atoms with van der Waals surface area (Å²) >= 11 is 3.56. The number of nitrogens with one attached hydrogen (secondary N) is 1. The van der Waals surface area contributed by atoms with Crippen LogP contribution in [0.4, 0.5) is 0 Å². The van der Waals surface area contributed by atoms with Gasteiger partial charge in [-0.25, -0.2) is 0 Å². The zero-order chi connectivity index (χ0) is 13.3. The van der Waals surface area contributed by atoms with Crippen LogP contribution in [-0.4, -0.2) is 30.4 Å². The first kappa shape index (κ1) is 13.4. The number of hydrogen-bond donors (Lipinski definition) is 2. The molecule has 0 saturated carbocycles. The van der Waals surface area contributed by atoms with E-state index in [1.165, 1.54) is 5.56 Å². The standard InChI is InChI=1S/C15H20BrNO2/c16-13-8-11-2-7-19-14(11)12(9-13)10-15(18)3-1-5-17-6-4-15/h8-9,17-18H,1-7,10H2. The van der Waals surface area contributed by atoms with E-state index < -0.39 is 5.60 Å². The molecule has 2 N–H and O–H groups in total. The SMILES string of the molecule is OC1(Cc2cc(Br)cc3c2OCC3)CCCNCC1. The van der Waals surface area contributed by atoms with Crippen LogP contribution in [0.15, 0.2) is 16.6 Å². The Labute approximate surface area is 122 Å². The molecule has 0 amide bonds. The number of halogens is 1. The molecule has 3 nitrogen and oxygen atoms in total. The minimum Gasteiger partial charge on any atom is -0.493 e. The number of hydrogen-bond acceptors (Lipinski definition) is 3. The van der Waals surface area contributed by atoms with Crippen molar-refractivity contribution in [2.45, 2.75) is 37.7 Å². The van der Waals surface area contributed by atoms with Gasteiger partial charge in [-0.1, -0.05) is 15.9 Å². The van der Waals surface area contributed by atoms with Gasteiger partial charge in [0.05, 0.1) is 12.2 Å². The second-order valence-corrected chi connectivity index (χ2v) is 6.57. The van der Waals surface area contributed by atoms with Crippen LogP contribution in [0, 0.1) is 0 Å². The molecule has 2 aliphatic heterocycles. The molecule has 0 spiro atoms. The Kier molecular flexibility index (Phi) is 3.83. The van der Waals surface area contributed by atoms with Crippen LogP contribution in [0.25, 0.3) is 0 Å². The second-order valence-electron chi connectivity index (χ2n) is 5.66. The molecule has 1 aromatic carbocycles. The van der Waals surface area contributed by atoms with Crippen molar-refractivity contribution in [3.8, 4) is 5.75 Å². The Morgan fingerprint density at radius 1 is 1.32 bits per heavy atom. The average Bonchev–Trinajstić information content (AvgIpc) is 2.72. The molecule has 1 aromatic rings. The number of aliphatic hydroxyl groups is 1. The Balaban J connectivity index is 1.86. The highest BCUT2D eigenvalue weighted by Gasteiger charge is 2.30. The van der Waals surface area contributed by atoms with Gasteiger partial charge in [-0.3, -0.25) is 0 Å². The lowest BCUT2D eigenvalue weighted by Crippen LogP contribution is -2.32. The average molecular weight is 326 g/mol. The van der Waals surface area contributed by atoms with Crippen LogP contribution in [0.2, 0.25) is 0 Å². The van der Waals surface area contributed by atoms with Crippen LogP contribution >= 0.6 is 15.9 Å². The summed E-state index contributed by atoms with van der Waals surface area (Å²) in [6.07, 6.45) is 4.38. The van der Waals surface area contributed by atoms with Crippen LogP contribution in [0.3, 0.4) is 0 Å². The van der Waals surface area contributed by atoms with E-state index in [0.29, 0.717) is 6.42 Å². The van der Waals surface area contributed by atoms with Gasteiger partial charge in [-0.2, -0.15) is 0 Å². The first-order chi connectivity index (χ1) is 9.16. The maximum absolute atomic E-state index is 10.8. The molecule has 0 aliphatic carbocycles. The third kappa shape index (κ3) is 2.96. The van der Waals surface area contributed by atoms with E-state index in [1.54, 1.807) is 0 Å². The second kappa shape index (κ2) is 5.43. The molecule has 104 valence electrons. The first-order valence-electron chi connectivity index (χ1n) is 7.03. The largest absolute Gasteiger partial charge is 0.493 e. The summed E-state index contributed by atoms with van der Waals surface area (Å²) < 4.78 is 6.84. The molecule has 1 fully saturated rings. The Bertz CT molecular complexity index is 467. The smallest absolute Gasteiger partial charge is 0.125 e. The fourth-order valence-corrected chi connectivity index (χ4v) is 3.67. The van der Waals surface area contributed by atoms with E-state index in [4.69, 9.17) is 4.74 Å². The van der Waals surface area contributed by atoms with Gasteiger partial charge in [0.25, 0.3) is 0 Å². The molecule has 1 unspecified atom stereocenters. The quantitative estimate of drug-likeness (QED) is 0.877. The maximum Gasteiger partial charge on any atom is 0.125 e. The molecule has 2 heterocycles. The van der Waals surface area contributed by atoms with Gasteiger partial charge in [-0.05, 0) is 55.6 Å². The summed E-state index contributed by atoms with van der Waals surface area (Å²) in [6, 6.07) is 4.23. The summed E-state index contributed by atoms with van der Waals surface area (Å²) in [7, 11) is 0. The lowest BCUT2D eigenvalue weighted by molar-refractivity contribution is 0.0279. The minimum atomic E-state index is -0.593. The predicted molar refractivity (Wildman–Crippen MR) is 78.7 cm³/mol. The van der Waals surface area contributed by atoms with E-state index in [9.17, 15) is 5.11 Å². The van der Waals surface area contributed by atoms with Crippen LogP contribution in [0.5, 0.6) is 5.75 Å². The lowest BCUT2D eigenvalue weighted by atomic mass is 9.87. The zero-order valence-electron chi connectivity index (χ0n) is 11.0. The molecule has 1 saturated heterocycles. The van der Waals surface area contributed by atoms with E-state index in [0.717, 1.165) is 61.2 Å². The molecule has 0 radical (unpaired) electrons. The molecule has 3 rings (SSSR count). The monoisotopic (exact) mass is 325 g/mol. The molecular weight excluding hydrogens is 306 g/mol. The van der Waals surface area contributed by atoms with Gasteiger partial charge < -0.3 is 15.2 Å². The van der Waals surface area contributed by atoms with Gasteiger partial charge in [0.1, 0.15) is 5.75 Å². The highest BCUT2D eigenvalue weighted by Crippen LogP contribution is 2.36. The lowest BCUT2D eigenvalue weighted by Gasteiger charge is -2.27. The van der Waals surface area contributed by atoms with Gasteiger partial charge in [0.15, 0.2) is 0 Å². The topological polar surface area (TPSA) is 41.5 Å². The van der Waals surface area contributed by atoms with Crippen LogP contribution < -0.4 is 10.1 Å². The summed E-state index contributed by atoms with van der Waals surface area (Å²) in [5.74, 6) is 1.01. The summed E-state index contributed by atoms with van der Waals surface area (Å²) in [5.41, 5.74) is 1.82. The van der Waals surface area contributed by atoms with Gasteiger partial charge in [0.2, 0.25) is 0 Å². The Hall–Kier alpha value is -0.580. The van der Waals surface area contributed by atoms with Crippen LogP contribution in [-0.2, 0) is 12.8 Å². The Morgan fingerprint density at radius 3 is 3.11 bits per heavy atom. The van der Waals surface area contributed by atoms with Crippen molar-refractivity contribution in [1.82, 2.24) is 5.32 Å². The molecule has 1 atom stereocenters. The normalized spacial score (nSPS) is 26.6. The highest BCUT2D eigenvalue weighted by molar-refractivity contribution is 9.10. The fourth-order valence-electron chi connectivity index (χ4n) is 3.12. The molecule has 2 aliphatic rings. The fraction of sp³-hybridized carbons (Fsp3) is 0.600. The van der Waals surface area contributed by atoms with Gasteiger partial charge in [0, 0.05) is 17.3 Å². The molecule has 4 heteroatoms. The van der Waals surface area contributed by atoms with Crippen molar-refractivity contribution in [1.29, 1.82) is 0 Å². The Morgan fingerprint density at radius 2 is 2.21 bits per heavy atom. The van der Waals surface area contributed by atoms with Crippen LogP contribution in [0.1, 0.15) is 30.4 Å². The first-order valence-corrected chi connectivity index (χ1v) is 7.83. The van der Waals surface area contributed by atoms with Gasteiger partial charge in [-0.15, -0.1) is 0 Å². The molecule has 0 bridgehead atoms. The zero-order valence-corrected chi connectivity index (χ0v) is 12.6. The van der Waals surface area contributed by atoms with Crippen molar-refractivity contribution < 1.29 is 9.84 Å². The highest BCUT2D eigenvalue weighted by atomic mass is 79.9. The molecular formula is C15H20BrNO2. The van der Waals surface area contributed by atoms with E-state index in [-0.39, 0.29) is 0 Å². The number of fused-ring (bicyclic) bond motifs is 1. The van der Waals surface area contributed by atoms with Crippen molar-refractivity contribution in [3.05, 3.63) is 27.7 Å². The maximum atomic E-state index is 10.8. The van der Waals surface area contributed by atoms with Crippen molar-refractivity contribution >= 4 is 15.9 Å². The third-order valence-corrected chi connectivity index (χ3v) is 4.57. The molecule has 0 aromatic heterocycles. The van der Waals surface area contributed by atoms with Gasteiger partial charge >= 0.3 is 0 Å². The summed E-state index contributed by atoms with van der Waals surface area (Å²) in [5, 5.41) is 14.2. The van der Waals surface area contributed by atoms with Crippen molar-refractivity contribution in [3.63, 3.8) is 0 Å². The predicted octanol–water partition coefficient (Wildman–Crippen LogP) is 2.43. The number of ether oxygens (including phenoxy) is 1.